The molecular formula is C8H19ClN2O5. The number of aliphatic hydroxyl groups is 3. The monoisotopic (exact) mass is 258 g/mol. The van der Waals surface area contributed by atoms with Crippen LogP contribution in [0.4, 0.5) is 4.79 Å². The van der Waals surface area contributed by atoms with Crippen molar-refractivity contribution in [2.24, 2.45) is 5.84 Å². The van der Waals surface area contributed by atoms with Gasteiger partial charge in [-0.2, -0.15) is 0 Å². The summed E-state index contributed by atoms with van der Waals surface area (Å²) in [4.78, 5) is 10.7. The van der Waals surface area contributed by atoms with Crippen LogP contribution < -0.4 is 5.84 Å². The quantitative estimate of drug-likeness (QED) is 0.215. The summed E-state index contributed by atoms with van der Waals surface area (Å²) in [5, 5.41) is 25.0. The van der Waals surface area contributed by atoms with Crippen LogP contribution in [0, 0.1) is 0 Å². The van der Waals surface area contributed by atoms with Crippen LogP contribution in [0.25, 0.3) is 0 Å². The zero-order valence-corrected chi connectivity index (χ0v) is 9.93. The Bertz CT molecular complexity index is 169. The average Bonchev–Trinajstić information content (AvgIpc) is 2.29. The molecule has 0 rings (SSSR count). The van der Waals surface area contributed by atoms with Crippen LogP contribution in [-0.4, -0.2) is 64.8 Å². The number of hydrogen-bond acceptors (Lipinski definition) is 6. The van der Waals surface area contributed by atoms with Crippen molar-refractivity contribution in [1.29, 1.82) is 0 Å². The van der Waals surface area contributed by atoms with Crippen LogP contribution in [0.15, 0.2) is 0 Å². The van der Waals surface area contributed by atoms with Gasteiger partial charge in [-0.25, -0.2) is 15.6 Å². The van der Waals surface area contributed by atoms with E-state index in [2.05, 4.69) is 4.74 Å². The normalized spacial score (nSPS) is 9.44. The highest BCUT2D eigenvalue weighted by molar-refractivity contribution is 6.18. The molecule has 16 heavy (non-hydrogen) atoms. The molecule has 7 nitrogen and oxygen atoms in total. The van der Waals surface area contributed by atoms with Crippen LogP contribution in [-0.2, 0) is 4.74 Å². The molecule has 0 saturated heterocycles. The van der Waals surface area contributed by atoms with Crippen LogP contribution in [0.2, 0.25) is 0 Å². The first-order valence-corrected chi connectivity index (χ1v) is 5.21. The highest BCUT2D eigenvalue weighted by atomic mass is 35.5. The second-order valence-electron chi connectivity index (χ2n) is 2.60. The maximum Gasteiger partial charge on any atom is 0.424 e. The van der Waals surface area contributed by atoms with Gasteiger partial charge in [-0.15, -0.1) is 11.6 Å². The molecule has 0 aliphatic heterocycles. The number of alkyl halides is 1. The predicted octanol–water partition coefficient (Wildman–Crippen LogP) is -1.11. The van der Waals surface area contributed by atoms with Gasteiger partial charge in [0, 0.05) is 5.88 Å². The maximum atomic E-state index is 10.7. The van der Waals surface area contributed by atoms with E-state index in [1.807, 2.05) is 0 Å². The molecular weight excluding hydrogens is 240 g/mol. The predicted molar refractivity (Wildman–Crippen MR) is 58.8 cm³/mol. The van der Waals surface area contributed by atoms with Gasteiger partial charge in [-0.3, -0.25) is 0 Å². The third-order valence-electron chi connectivity index (χ3n) is 1.25. The van der Waals surface area contributed by atoms with Crippen LogP contribution in [0.5, 0.6) is 0 Å². The van der Waals surface area contributed by atoms with Crippen molar-refractivity contribution in [1.82, 2.24) is 5.01 Å². The number of carbonyl (C=O) groups is 1. The number of amides is 1. The molecule has 0 radical (unpaired) electrons. The number of halogens is 1. The van der Waals surface area contributed by atoms with Crippen molar-refractivity contribution in [2.75, 3.05) is 32.2 Å². The van der Waals surface area contributed by atoms with E-state index in [0.717, 1.165) is 5.01 Å². The largest absolute Gasteiger partial charge is 0.449 e. The van der Waals surface area contributed by atoms with Crippen molar-refractivity contribution < 1.29 is 24.9 Å². The molecule has 0 aromatic rings. The summed E-state index contributed by atoms with van der Waals surface area (Å²) >= 11 is 5.31. The molecule has 5 N–H and O–H groups in total. The van der Waals surface area contributed by atoms with Gasteiger partial charge in [0.05, 0.1) is 26.4 Å². The summed E-state index contributed by atoms with van der Waals surface area (Å²) in [6.07, 6.45) is -1.49. The highest BCUT2D eigenvalue weighted by Gasteiger charge is 2.07. The topological polar surface area (TPSA) is 116 Å². The van der Waals surface area contributed by atoms with E-state index in [4.69, 9.17) is 32.8 Å². The first kappa shape index (κ1) is 17.8. The Morgan fingerprint density at radius 2 is 2.00 bits per heavy atom. The van der Waals surface area contributed by atoms with Crippen molar-refractivity contribution in [3.8, 4) is 0 Å². The lowest BCUT2D eigenvalue weighted by atomic mass is 10.4. The van der Waals surface area contributed by atoms with Gasteiger partial charge in [0.2, 0.25) is 0 Å². The fourth-order valence-electron chi connectivity index (χ4n) is 0.446. The molecule has 1 amide bonds. The maximum absolute atomic E-state index is 10.7. The zero-order valence-electron chi connectivity index (χ0n) is 9.17. The summed E-state index contributed by atoms with van der Waals surface area (Å²) in [5.41, 5.74) is 0. The first-order valence-electron chi connectivity index (χ1n) is 4.68. The molecule has 8 heteroatoms. The van der Waals surface area contributed by atoms with Crippen molar-refractivity contribution in [3.05, 3.63) is 0 Å². The molecule has 98 valence electrons. The smallest absolute Gasteiger partial charge is 0.424 e. The Morgan fingerprint density at radius 3 is 2.25 bits per heavy atom. The molecule has 0 unspecified atom stereocenters. The second kappa shape index (κ2) is 12.5. The number of carbonyl (C=O) groups excluding carboxylic acids is 1. The highest BCUT2D eigenvalue weighted by Crippen LogP contribution is 1.87. The first-order chi connectivity index (χ1) is 7.53. The molecule has 0 bridgehead atoms. The summed E-state index contributed by atoms with van der Waals surface area (Å²) in [6.45, 7) is 1.62. The third-order valence-corrected chi connectivity index (χ3v) is 1.42. The SMILES string of the molecule is CCOC(=O)N(N)CCCl.OCC(O)CO. The minimum Gasteiger partial charge on any atom is -0.449 e. The van der Waals surface area contributed by atoms with E-state index in [1.54, 1.807) is 6.92 Å². The molecule has 0 fully saturated rings. The Labute approximate surface area is 99.3 Å². The number of nitrogens with two attached hydrogens (primary N) is 1. The van der Waals surface area contributed by atoms with E-state index in [1.165, 1.54) is 0 Å². The van der Waals surface area contributed by atoms with Gasteiger partial charge in [-0.1, -0.05) is 0 Å². The minimum atomic E-state index is -0.954. The minimum absolute atomic E-state index is 0.306. The number of aliphatic hydroxyl groups excluding tert-OH is 3. The van der Waals surface area contributed by atoms with E-state index in [9.17, 15) is 4.79 Å². The number of hydrogen-bond donors (Lipinski definition) is 4. The second-order valence-corrected chi connectivity index (χ2v) is 2.98. The van der Waals surface area contributed by atoms with Crippen molar-refractivity contribution in [3.63, 3.8) is 0 Å². The van der Waals surface area contributed by atoms with Gasteiger partial charge in [0.25, 0.3) is 0 Å². The van der Waals surface area contributed by atoms with Crippen LogP contribution in [0.3, 0.4) is 0 Å². The number of rotatable bonds is 5. The van der Waals surface area contributed by atoms with Gasteiger partial charge in [0.1, 0.15) is 6.10 Å². The Morgan fingerprint density at radius 1 is 1.50 bits per heavy atom. The number of hydrazine groups is 1. The van der Waals surface area contributed by atoms with Gasteiger partial charge >= 0.3 is 6.09 Å². The molecule has 0 saturated carbocycles. The molecule has 0 heterocycles. The van der Waals surface area contributed by atoms with Gasteiger partial charge in [0.15, 0.2) is 0 Å². The molecule has 0 aromatic heterocycles. The molecule has 0 aliphatic rings. The van der Waals surface area contributed by atoms with E-state index in [-0.39, 0.29) is 13.2 Å². The Kier molecular flexibility index (Phi) is 13.9. The van der Waals surface area contributed by atoms with E-state index >= 15 is 0 Å². The summed E-state index contributed by atoms with van der Waals surface area (Å²) in [7, 11) is 0. The number of ether oxygens (including phenoxy) is 1. The fraction of sp³-hybridized carbons (Fsp3) is 0.875. The summed E-state index contributed by atoms with van der Waals surface area (Å²) in [6, 6.07) is 0. The van der Waals surface area contributed by atoms with E-state index < -0.39 is 12.2 Å². The van der Waals surface area contributed by atoms with E-state index in [0.29, 0.717) is 19.0 Å². The van der Waals surface area contributed by atoms with Crippen molar-refractivity contribution in [2.45, 2.75) is 13.0 Å². The molecule has 0 aromatic carbocycles. The molecule has 0 aliphatic carbocycles. The summed E-state index contributed by atoms with van der Waals surface area (Å²) < 4.78 is 4.56. The zero-order chi connectivity index (χ0) is 13.0. The van der Waals surface area contributed by atoms with Gasteiger partial charge in [-0.05, 0) is 6.92 Å². The van der Waals surface area contributed by atoms with Crippen LogP contribution in [0.1, 0.15) is 6.92 Å². The average molecular weight is 259 g/mol. The standard InChI is InChI=1S/C5H11ClN2O2.C3H8O3/c1-2-10-5(9)8(7)4-3-6;4-1-3(6)2-5/h2-4,7H2,1H3;3-6H,1-2H2. The molecule has 0 atom stereocenters. The lowest BCUT2D eigenvalue weighted by Crippen LogP contribution is -2.39. The lowest BCUT2D eigenvalue weighted by molar-refractivity contribution is 0.0450. The molecule has 0 spiro atoms. The van der Waals surface area contributed by atoms with Crippen LogP contribution >= 0.6 is 11.6 Å². The number of nitrogens with zero attached hydrogens (tertiary/aromatic N) is 1. The Balaban J connectivity index is 0. The lowest BCUT2D eigenvalue weighted by Gasteiger charge is -2.13. The summed E-state index contributed by atoms with van der Waals surface area (Å²) in [5.74, 6) is 5.50. The van der Waals surface area contributed by atoms with Gasteiger partial charge < -0.3 is 20.1 Å². The Hall–Kier alpha value is -0.600. The van der Waals surface area contributed by atoms with Crippen molar-refractivity contribution >= 4 is 17.7 Å². The third kappa shape index (κ3) is 11.5. The fourth-order valence-corrected chi connectivity index (χ4v) is 0.629.